The molecular formula is C12H19NO5. The fourth-order valence-corrected chi connectivity index (χ4v) is 1.59. The van der Waals surface area contributed by atoms with Gasteiger partial charge in [0.05, 0.1) is 18.8 Å². The summed E-state index contributed by atoms with van der Waals surface area (Å²) in [6.45, 7) is 3.47. The van der Waals surface area contributed by atoms with Gasteiger partial charge in [0, 0.05) is 12.1 Å². The van der Waals surface area contributed by atoms with Crippen molar-refractivity contribution in [2.45, 2.75) is 32.4 Å². The number of rotatable bonds is 7. The molecule has 6 heteroatoms. The number of nitrogens with one attached hydrogen (secondary N) is 1. The van der Waals surface area contributed by atoms with E-state index < -0.39 is 11.5 Å². The van der Waals surface area contributed by atoms with Crippen LogP contribution in [0.2, 0.25) is 0 Å². The van der Waals surface area contributed by atoms with Gasteiger partial charge in [-0.2, -0.15) is 0 Å². The van der Waals surface area contributed by atoms with Crippen molar-refractivity contribution in [1.29, 1.82) is 0 Å². The lowest BCUT2D eigenvalue weighted by molar-refractivity contribution is 0.0661. The molecule has 0 aliphatic carbocycles. The molecule has 0 amide bonds. The Hall–Kier alpha value is -1.37. The first-order valence-electron chi connectivity index (χ1n) is 5.77. The number of carboxylic acid groups (broad SMARTS) is 1. The van der Waals surface area contributed by atoms with E-state index in [0.717, 1.165) is 0 Å². The van der Waals surface area contributed by atoms with Crippen molar-refractivity contribution in [2.24, 2.45) is 0 Å². The molecule has 18 heavy (non-hydrogen) atoms. The van der Waals surface area contributed by atoms with Crippen molar-refractivity contribution in [1.82, 2.24) is 5.32 Å². The average Bonchev–Trinajstić information content (AvgIpc) is 2.74. The highest BCUT2D eigenvalue weighted by Gasteiger charge is 2.26. The zero-order valence-electron chi connectivity index (χ0n) is 10.6. The van der Waals surface area contributed by atoms with Crippen LogP contribution in [0.25, 0.3) is 0 Å². The van der Waals surface area contributed by atoms with Crippen LogP contribution in [0.1, 0.15) is 35.2 Å². The maximum atomic E-state index is 10.7. The summed E-state index contributed by atoms with van der Waals surface area (Å²) >= 11 is 0. The van der Waals surface area contributed by atoms with Gasteiger partial charge in [-0.05, 0) is 19.4 Å². The molecule has 1 aromatic heterocycles. The van der Waals surface area contributed by atoms with Crippen LogP contribution in [-0.4, -0.2) is 40.0 Å². The summed E-state index contributed by atoms with van der Waals surface area (Å²) < 4.78 is 5.08. The van der Waals surface area contributed by atoms with Gasteiger partial charge in [0.1, 0.15) is 5.76 Å². The zero-order chi connectivity index (χ0) is 13.8. The van der Waals surface area contributed by atoms with Crippen LogP contribution in [0.5, 0.6) is 0 Å². The van der Waals surface area contributed by atoms with Gasteiger partial charge in [-0.3, -0.25) is 0 Å². The van der Waals surface area contributed by atoms with Gasteiger partial charge in [0.15, 0.2) is 0 Å². The van der Waals surface area contributed by atoms with E-state index in [9.17, 15) is 15.0 Å². The summed E-state index contributed by atoms with van der Waals surface area (Å²) in [6.07, 6.45) is 0.558. The number of aliphatic hydroxyl groups excluding tert-OH is 2. The predicted octanol–water partition coefficient (Wildman–Crippen LogP) is 0.509. The van der Waals surface area contributed by atoms with Crippen LogP contribution in [0.4, 0.5) is 0 Å². The number of hydrogen-bond donors (Lipinski definition) is 4. The Kier molecular flexibility index (Phi) is 4.89. The Bertz CT molecular complexity index is 400. The highest BCUT2D eigenvalue weighted by Crippen LogP contribution is 2.16. The number of aliphatic hydroxyl groups is 2. The summed E-state index contributed by atoms with van der Waals surface area (Å²) in [7, 11) is 0. The molecular weight excluding hydrogens is 238 g/mol. The summed E-state index contributed by atoms with van der Waals surface area (Å²) in [4.78, 5) is 10.7. The van der Waals surface area contributed by atoms with Crippen LogP contribution < -0.4 is 5.32 Å². The van der Waals surface area contributed by atoms with Gasteiger partial charge in [-0.1, -0.05) is 6.92 Å². The standard InChI is InChI=1S/C12H19NO5/c1-3-12(6-14,7-15)13-5-9-4-10(11(16)17)18-8(9)2/h4,13-15H,3,5-7H2,1-2H3,(H,16,17). The minimum absolute atomic E-state index is 0.112. The maximum Gasteiger partial charge on any atom is 0.371 e. The first-order valence-corrected chi connectivity index (χ1v) is 5.77. The molecule has 0 aromatic carbocycles. The lowest BCUT2D eigenvalue weighted by atomic mass is 9.98. The normalized spacial score (nSPS) is 11.8. The zero-order valence-corrected chi connectivity index (χ0v) is 10.6. The quantitative estimate of drug-likeness (QED) is 0.567. The van der Waals surface area contributed by atoms with Gasteiger partial charge >= 0.3 is 5.97 Å². The Morgan fingerprint density at radius 2 is 2.06 bits per heavy atom. The molecule has 0 spiro atoms. The van der Waals surface area contributed by atoms with Crippen molar-refractivity contribution in [3.8, 4) is 0 Å². The van der Waals surface area contributed by atoms with E-state index in [1.54, 1.807) is 6.92 Å². The molecule has 1 rings (SSSR count). The SMILES string of the molecule is CCC(CO)(CO)NCc1cc(C(=O)O)oc1C. The molecule has 1 heterocycles. The summed E-state index contributed by atoms with van der Waals surface area (Å²) in [5, 5.41) is 30.4. The number of aromatic carboxylic acids is 1. The van der Waals surface area contributed by atoms with Crippen LogP contribution in [0.15, 0.2) is 10.5 Å². The highest BCUT2D eigenvalue weighted by molar-refractivity contribution is 5.84. The highest BCUT2D eigenvalue weighted by atomic mass is 16.4. The lowest BCUT2D eigenvalue weighted by Crippen LogP contribution is -2.50. The van der Waals surface area contributed by atoms with Crippen LogP contribution >= 0.6 is 0 Å². The van der Waals surface area contributed by atoms with E-state index in [1.807, 2.05) is 6.92 Å². The minimum Gasteiger partial charge on any atom is -0.475 e. The van der Waals surface area contributed by atoms with Gasteiger partial charge in [0.25, 0.3) is 0 Å². The van der Waals surface area contributed by atoms with E-state index in [0.29, 0.717) is 24.3 Å². The number of carboxylic acids is 1. The Morgan fingerprint density at radius 3 is 2.44 bits per heavy atom. The topological polar surface area (TPSA) is 103 Å². The first-order chi connectivity index (χ1) is 8.48. The van der Waals surface area contributed by atoms with Crippen molar-refractivity contribution >= 4 is 5.97 Å². The Balaban J connectivity index is 2.76. The third kappa shape index (κ3) is 3.10. The molecule has 0 fully saturated rings. The molecule has 0 saturated carbocycles. The molecule has 102 valence electrons. The maximum absolute atomic E-state index is 10.7. The lowest BCUT2D eigenvalue weighted by Gasteiger charge is -2.29. The molecule has 0 saturated heterocycles. The fourth-order valence-electron chi connectivity index (χ4n) is 1.59. The number of aryl methyl sites for hydroxylation is 1. The summed E-state index contributed by atoms with van der Waals surface area (Å²) in [5.41, 5.74) is -0.0558. The second kappa shape index (κ2) is 5.99. The number of carbonyl (C=O) groups is 1. The molecule has 1 aromatic rings. The van der Waals surface area contributed by atoms with E-state index in [-0.39, 0.29) is 19.0 Å². The molecule has 0 aliphatic rings. The average molecular weight is 257 g/mol. The Labute approximate surface area is 105 Å². The monoisotopic (exact) mass is 257 g/mol. The van der Waals surface area contributed by atoms with E-state index >= 15 is 0 Å². The predicted molar refractivity (Wildman–Crippen MR) is 64.4 cm³/mol. The molecule has 0 aliphatic heterocycles. The fraction of sp³-hybridized carbons (Fsp3) is 0.583. The third-order valence-corrected chi connectivity index (χ3v) is 3.17. The Morgan fingerprint density at radius 1 is 1.44 bits per heavy atom. The number of hydrogen-bond acceptors (Lipinski definition) is 5. The van der Waals surface area contributed by atoms with Crippen molar-refractivity contribution in [3.63, 3.8) is 0 Å². The third-order valence-electron chi connectivity index (χ3n) is 3.17. The number of furan rings is 1. The second-order valence-corrected chi connectivity index (χ2v) is 4.30. The van der Waals surface area contributed by atoms with Crippen LogP contribution in [-0.2, 0) is 6.54 Å². The van der Waals surface area contributed by atoms with Gasteiger partial charge in [-0.15, -0.1) is 0 Å². The van der Waals surface area contributed by atoms with E-state index in [2.05, 4.69) is 5.32 Å². The molecule has 0 atom stereocenters. The van der Waals surface area contributed by atoms with Gasteiger partial charge in [-0.25, -0.2) is 4.79 Å². The van der Waals surface area contributed by atoms with Crippen molar-refractivity contribution < 1.29 is 24.5 Å². The van der Waals surface area contributed by atoms with Gasteiger partial charge < -0.3 is 25.1 Å². The summed E-state index contributed by atoms with van der Waals surface area (Å²) in [5.74, 6) is -0.712. The molecule has 0 radical (unpaired) electrons. The molecule has 0 bridgehead atoms. The van der Waals surface area contributed by atoms with Crippen LogP contribution in [0.3, 0.4) is 0 Å². The molecule has 4 N–H and O–H groups in total. The largest absolute Gasteiger partial charge is 0.475 e. The molecule has 0 unspecified atom stereocenters. The van der Waals surface area contributed by atoms with E-state index in [1.165, 1.54) is 6.07 Å². The minimum atomic E-state index is -1.12. The smallest absolute Gasteiger partial charge is 0.371 e. The molecule has 6 nitrogen and oxygen atoms in total. The van der Waals surface area contributed by atoms with Crippen molar-refractivity contribution in [3.05, 3.63) is 23.2 Å². The van der Waals surface area contributed by atoms with E-state index in [4.69, 9.17) is 9.52 Å². The van der Waals surface area contributed by atoms with Crippen molar-refractivity contribution in [2.75, 3.05) is 13.2 Å². The van der Waals surface area contributed by atoms with Gasteiger partial charge in [0.2, 0.25) is 5.76 Å². The summed E-state index contributed by atoms with van der Waals surface area (Å²) in [6, 6.07) is 1.44. The van der Waals surface area contributed by atoms with Crippen LogP contribution in [0, 0.1) is 6.92 Å². The second-order valence-electron chi connectivity index (χ2n) is 4.30. The first kappa shape index (κ1) is 14.7.